The van der Waals surface area contributed by atoms with Gasteiger partial charge in [-0.1, -0.05) is 18.7 Å². The summed E-state index contributed by atoms with van der Waals surface area (Å²) >= 11 is 3.10. The van der Waals surface area contributed by atoms with Crippen LogP contribution in [0.1, 0.15) is 55.9 Å². The molecular formula is C20H32N4O2S2. The molecule has 6 nitrogen and oxygen atoms in total. The third-order valence-corrected chi connectivity index (χ3v) is 7.86. The van der Waals surface area contributed by atoms with E-state index in [0.717, 1.165) is 56.3 Å². The maximum atomic E-state index is 12.6. The molecule has 2 aliphatic rings. The Bertz CT molecular complexity index is 658. The van der Waals surface area contributed by atoms with Crippen molar-refractivity contribution in [2.45, 2.75) is 55.8 Å². The molecule has 2 saturated heterocycles. The van der Waals surface area contributed by atoms with Gasteiger partial charge in [-0.25, -0.2) is 4.98 Å². The lowest BCUT2D eigenvalue weighted by atomic mass is 9.92. The number of rotatable bonds is 8. The Morgan fingerprint density at radius 2 is 2.07 bits per heavy atom. The zero-order chi connectivity index (χ0) is 19.9. The number of hydrogen-bond donors (Lipinski definition) is 1. The summed E-state index contributed by atoms with van der Waals surface area (Å²) in [6, 6.07) is 0.514. The smallest absolute Gasteiger partial charge is 0.273 e. The fourth-order valence-corrected chi connectivity index (χ4v) is 5.47. The van der Waals surface area contributed by atoms with Gasteiger partial charge in [-0.15, -0.1) is 11.3 Å². The van der Waals surface area contributed by atoms with Crippen molar-refractivity contribution in [1.82, 2.24) is 20.1 Å². The van der Waals surface area contributed by atoms with Crippen LogP contribution in [0.3, 0.4) is 0 Å². The summed E-state index contributed by atoms with van der Waals surface area (Å²) in [4.78, 5) is 33.5. The molecule has 3 rings (SSSR count). The van der Waals surface area contributed by atoms with Gasteiger partial charge in [0.1, 0.15) is 10.0 Å². The monoisotopic (exact) mass is 424 g/mol. The van der Waals surface area contributed by atoms with Crippen LogP contribution in [0.4, 0.5) is 0 Å². The van der Waals surface area contributed by atoms with Crippen molar-refractivity contribution >= 4 is 34.9 Å². The minimum atomic E-state index is 0.0461. The number of piperidine rings is 1. The van der Waals surface area contributed by atoms with Gasteiger partial charge in [0.05, 0.1) is 0 Å². The molecule has 28 heavy (non-hydrogen) atoms. The van der Waals surface area contributed by atoms with E-state index in [1.807, 2.05) is 16.5 Å². The first-order valence-electron chi connectivity index (χ1n) is 10.4. The summed E-state index contributed by atoms with van der Waals surface area (Å²) in [6.45, 7) is 6.74. The number of nitrogens with zero attached hydrogens (tertiary/aromatic N) is 3. The summed E-state index contributed by atoms with van der Waals surface area (Å²) < 4.78 is 0.934. The van der Waals surface area contributed by atoms with Crippen molar-refractivity contribution < 1.29 is 9.59 Å². The first-order chi connectivity index (χ1) is 13.6. The Kier molecular flexibility index (Phi) is 8.17. The quantitative estimate of drug-likeness (QED) is 0.650. The highest BCUT2D eigenvalue weighted by Gasteiger charge is 2.26. The molecule has 8 heteroatoms. The van der Waals surface area contributed by atoms with Gasteiger partial charge < -0.3 is 10.2 Å². The molecule has 0 bridgehead atoms. The molecule has 2 amide bonds. The lowest BCUT2D eigenvalue weighted by Gasteiger charge is -2.31. The van der Waals surface area contributed by atoms with E-state index >= 15 is 0 Å². The first kappa shape index (κ1) is 21.6. The molecule has 0 aromatic carbocycles. The van der Waals surface area contributed by atoms with E-state index in [0.29, 0.717) is 24.1 Å². The average Bonchev–Trinajstić information content (AvgIpc) is 3.39. The van der Waals surface area contributed by atoms with Crippen LogP contribution >= 0.6 is 23.1 Å². The minimum absolute atomic E-state index is 0.0461. The van der Waals surface area contributed by atoms with Crippen LogP contribution in [0.5, 0.6) is 0 Å². The van der Waals surface area contributed by atoms with Crippen LogP contribution < -0.4 is 5.32 Å². The number of aromatic nitrogens is 1. The summed E-state index contributed by atoms with van der Waals surface area (Å²) in [5.74, 6) is 0.754. The summed E-state index contributed by atoms with van der Waals surface area (Å²) in [5, 5.41) is 4.99. The average molecular weight is 425 g/mol. The van der Waals surface area contributed by atoms with Crippen LogP contribution in [0.25, 0.3) is 0 Å². The summed E-state index contributed by atoms with van der Waals surface area (Å²) in [5.41, 5.74) is 0.570. The molecule has 156 valence electrons. The molecule has 0 spiro atoms. The van der Waals surface area contributed by atoms with Crippen molar-refractivity contribution in [1.29, 1.82) is 0 Å². The van der Waals surface area contributed by atoms with Crippen LogP contribution in [0, 0.1) is 5.92 Å². The van der Waals surface area contributed by atoms with Crippen molar-refractivity contribution in [2.75, 3.05) is 39.0 Å². The zero-order valence-electron chi connectivity index (χ0n) is 17.0. The van der Waals surface area contributed by atoms with E-state index in [4.69, 9.17) is 0 Å². The molecule has 2 aliphatic heterocycles. The Morgan fingerprint density at radius 3 is 2.75 bits per heavy atom. The predicted octanol–water partition coefficient (Wildman–Crippen LogP) is 3.10. The van der Waals surface area contributed by atoms with E-state index in [1.54, 1.807) is 11.8 Å². The van der Waals surface area contributed by atoms with Crippen LogP contribution in [0.15, 0.2) is 9.72 Å². The van der Waals surface area contributed by atoms with Crippen molar-refractivity contribution in [3.63, 3.8) is 0 Å². The Balaban J connectivity index is 1.34. The third-order valence-electron chi connectivity index (χ3n) is 6.00. The Morgan fingerprint density at radius 1 is 1.29 bits per heavy atom. The van der Waals surface area contributed by atoms with Gasteiger partial charge in [0.2, 0.25) is 5.91 Å². The maximum Gasteiger partial charge on any atom is 0.273 e. The first-order valence-corrected chi connectivity index (χ1v) is 12.5. The maximum absolute atomic E-state index is 12.6. The normalized spacial score (nSPS) is 21.2. The Labute approximate surface area is 176 Å². The molecule has 0 unspecified atom stereocenters. The predicted molar refractivity (Wildman–Crippen MR) is 115 cm³/mol. The second-order valence-electron chi connectivity index (χ2n) is 7.71. The molecule has 0 aliphatic carbocycles. The number of thiazole rings is 1. The topological polar surface area (TPSA) is 65.5 Å². The third kappa shape index (κ3) is 5.70. The Hall–Kier alpha value is -1.12. The molecule has 1 N–H and O–H groups in total. The lowest BCUT2D eigenvalue weighted by Crippen LogP contribution is -2.40. The van der Waals surface area contributed by atoms with Gasteiger partial charge in [-0.3, -0.25) is 14.5 Å². The minimum Gasteiger partial charge on any atom is -0.355 e. The van der Waals surface area contributed by atoms with Gasteiger partial charge in [-0.2, -0.15) is 0 Å². The van der Waals surface area contributed by atoms with E-state index in [-0.39, 0.29) is 11.8 Å². The molecule has 1 aromatic heterocycles. The van der Waals surface area contributed by atoms with Crippen LogP contribution in [-0.4, -0.2) is 71.6 Å². The van der Waals surface area contributed by atoms with Crippen molar-refractivity contribution in [3.8, 4) is 0 Å². The number of thioether (sulfide) groups is 1. The fourth-order valence-electron chi connectivity index (χ4n) is 4.23. The second kappa shape index (κ2) is 10.6. The van der Waals surface area contributed by atoms with E-state index in [1.165, 1.54) is 24.2 Å². The molecule has 1 aromatic rings. The number of amides is 2. The van der Waals surface area contributed by atoms with E-state index < -0.39 is 0 Å². The van der Waals surface area contributed by atoms with Gasteiger partial charge in [0.25, 0.3) is 5.91 Å². The molecule has 1 atom stereocenters. The molecule has 0 saturated carbocycles. The molecule has 0 radical (unpaired) electrons. The summed E-state index contributed by atoms with van der Waals surface area (Å²) in [7, 11) is 0. The molecule has 2 fully saturated rings. The molecular weight excluding hydrogens is 392 g/mol. The standard InChI is InChI=1S/C20H32N4O2S2/c1-3-23-10-4-5-16(23)13-21-18(25)7-6-15-8-11-24(12-9-15)19(26)17-14-28-20(22-17)27-2/h14-16H,3-13H2,1-2H3,(H,21,25)/t16-/m1/s1. The van der Waals surface area contributed by atoms with E-state index in [9.17, 15) is 9.59 Å². The van der Waals surface area contributed by atoms with Crippen molar-refractivity contribution in [3.05, 3.63) is 11.1 Å². The van der Waals surface area contributed by atoms with Crippen molar-refractivity contribution in [2.24, 2.45) is 5.92 Å². The second-order valence-corrected chi connectivity index (χ2v) is 9.62. The number of nitrogens with one attached hydrogen (secondary N) is 1. The van der Waals surface area contributed by atoms with E-state index in [2.05, 4.69) is 22.1 Å². The van der Waals surface area contributed by atoms with Gasteiger partial charge in [0.15, 0.2) is 0 Å². The number of carbonyl (C=O) groups is 2. The molecule has 3 heterocycles. The van der Waals surface area contributed by atoms with Gasteiger partial charge >= 0.3 is 0 Å². The van der Waals surface area contributed by atoms with Gasteiger partial charge in [-0.05, 0) is 57.4 Å². The van der Waals surface area contributed by atoms with Crippen LogP contribution in [-0.2, 0) is 4.79 Å². The fraction of sp³-hybridized carbons (Fsp3) is 0.750. The van der Waals surface area contributed by atoms with Gasteiger partial charge in [0, 0.05) is 37.5 Å². The lowest BCUT2D eigenvalue weighted by molar-refractivity contribution is -0.121. The largest absolute Gasteiger partial charge is 0.355 e. The SMILES string of the molecule is CCN1CCC[C@@H]1CNC(=O)CCC1CCN(C(=O)c2csc(SC)n2)CC1. The highest BCUT2D eigenvalue weighted by atomic mass is 32.2. The summed E-state index contributed by atoms with van der Waals surface area (Å²) in [6.07, 6.45) is 7.88. The highest BCUT2D eigenvalue weighted by Crippen LogP contribution is 2.25. The number of likely N-dealkylation sites (tertiary alicyclic amines) is 2. The highest BCUT2D eigenvalue weighted by molar-refractivity contribution is 8.00. The number of hydrogen-bond acceptors (Lipinski definition) is 6. The number of likely N-dealkylation sites (N-methyl/N-ethyl adjacent to an activating group) is 1. The number of carbonyl (C=O) groups excluding carboxylic acids is 2. The van der Waals surface area contributed by atoms with Crippen LogP contribution in [0.2, 0.25) is 0 Å². The zero-order valence-corrected chi connectivity index (χ0v) is 18.6.